The number of ether oxygens (including phenoxy) is 4. The number of phosphoric ester groups is 2. The Hall–Kier alpha value is -6.62. The van der Waals surface area contributed by atoms with Gasteiger partial charge in [0.15, 0.2) is 12.2 Å². The van der Waals surface area contributed by atoms with E-state index < -0.39 is 97.5 Å². The molecule has 0 aromatic carbocycles. The maximum Gasteiger partial charge on any atom is 0.472 e. The van der Waals surface area contributed by atoms with E-state index in [0.29, 0.717) is 44.9 Å². The fraction of sp³-hybridized carbons (Fsp3) is 0.570. The minimum absolute atomic E-state index is 0.00911. The summed E-state index contributed by atoms with van der Waals surface area (Å²) in [6, 6.07) is 0. The van der Waals surface area contributed by atoms with Gasteiger partial charge < -0.3 is 33.8 Å². The maximum atomic E-state index is 13.1. The second kappa shape index (κ2) is 82.4. The van der Waals surface area contributed by atoms with Gasteiger partial charge in [0.1, 0.15) is 19.3 Å². The summed E-state index contributed by atoms with van der Waals surface area (Å²) in [6.45, 7) is 4.32. The van der Waals surface area contributed by atoms with Crippen molar-refractivity contribution in [1.82, 2.24) is 0 Å². The van der Waals surface area contributed by atoms with Crippen molar-refractivity contribution in [3.05, 3.63) is 219 Å². The molecule has 630 valence electrons. The number of hydrogen-bond donors (Lipinski definition) is 3. The van der Waals surface area contributed by atoms with Gasteiger partial charge in [-0.05, 0) is 167 Å². The molecule has 0 aliphatic carbocycles. The molecule has 0 aromatic rings. The van der Waals surface area contributed by atoms with Crippen molar-refractivity contribution in [2.75, 3.05) is 39.6 Å². The topological polar surface area (TPSA) is 237 Å². The predicted molar refractivity (Wildman–Crippen MR) is 463 cm³/mol. The van der Waals surface area contributed by atoms with Crippen LogP contribution in [-0.4, -0.2) is 96.7 Å². The highest BCUT2D eigenvalue weighted by atomic mass is 31.2. The summed E-state index contributed by atoms with van der Waals surface area (Å²) in [4.78, 5) is 73.1. The Morgan fingerprint density at radius 1 is 0.259 bits per heavy atom. The average Bonchev–Trinajstić information content (AvgIpc) is 0.898. The van der Waals surface area contributed by atoms with Gasteiger partial charge in [0.2, 0.25) is 0 Å². The second-order valence-electron chi connectivity index (χ2n) is 26.9. The van der Waals surface area contributed by atoms with Crippen molar-refractivity contribution in [1.29, 1.82) is 0 Å². The lowest BCUT2D eigenvalue weighted by atomic mass is 10.1. The minimum atomic E-state index is -5.04. The Kier molecular flexibility index (Phi) is 77.5. The lowest BCUT2D eigenvalue weighted by Gasteiger charge is -2.21. The number of aliphatic hydroxyl groups is 1. The van der Waals surface area contributed by atoms with Crippen LogP contribution < -0.4 is 0 Å². The second-order valence-corrected chi connectivity index (χ2v) is 29.8. The summed E-state index contributed by atoms with van der Waals surface area (Å²) in [5, 5.41) is 10.7. The van der Waals surface area contributed by atoms with Crippen molar-refractivity contribution < 1.29 is 80.2 Å². The minimum Gasteiger partial charge on any atom is -0.462 e. The van der Waals surface area contributed by atoms with Gasteiger partial charge in [0.05, 0.1) is 26.4 Å². The van der Waals surface area contributed by atoms with Crippen LogP contribution in [0, 0.1) is 0 Å². The van der Waals surface area contributed by atoms with E-state index in [-0.39, 0.29) is 25.7 Å². The molecule has 0 saturated heterocycles. The van der Waals surface area contributed by atoms with Gasteiger partial charge >= 0.3 is 39.5 Å². The van der Waals surface area contributed by atoms with Crippen molar-refractivity contribution in [2.24, 2.45) is 0 Å². The Labute approximate surface area is 677 Å². The van der Waals surface area contributed by atoms with Crippen LogP contribution in [-0.2, 0) is 65.4 Å². The van der Waals surface area contributed by atoms with Crippen LogP contribution in [0.25, 0.3) is 0 Å². The predicted octanol–water partition coefficient (Wildman–Crippen LogP) is 25.2. The molecule has 17 nitrogen and oxygen atoms in total. The van der Waals surface area contributed by atoms with Crippen LogP contribution in [0.3, 0.4) is 0 Å². The maximum absolute atomic E-state index is 13.1. The standard InChI is InChI=1S/C93H146O17P2/c1-5-9-13-17-21-25-29-33-37-40-43-46-50-53-57-61-65-69-73-77-90(95)103-83-88(109-92(97)79-75-71-67-63-59-55-49-36-32-28-24-20-16-12-8-4)85-107-111(99,100)105-81-87(94)82-106-112(101,102)108-86-89(110-93(98)80-76-72-68-64-60-56-52-48-45-42-39-35-31-27-23-19-15-11-7-3)84-104-91(96)78-74-70-66-62-58-54-51-47-44-41-38-34-30-26-22-18-14-10-6-2/h10-11,14-15,21-23,25-28,32-35,37-39,43-48,53-54,56-58,60,65-66,68-70,72,87-89,94H,5-9,12-13,16-20,24,29-31,36,40-42,49-52,55,59,61-64,67,71,73-86H2,1-4H3,(H,99,100)(H,101,102)/b14-10-,15-11-,25-21-,26-22-,27-23-,32-28-,37-33-,38-34-,39-35-,46-43-,47-44-,48-45-,57-53-,58-54-,60-56-,69-65-,70-66-,72-68-/t87-,88+,89+/m0/s1. The Morgan fingerprint density at radius 2 is 0.482 bits per heavy atom. The zero-order chi connectivity index (χ0) is 81.7. The number of rotatable bonds is 76. The SMILES string of the molecule is CC/C=C\C/C=C\C/C=C\C/C=C\C/C=C\C/C=C\CCC(=O)OC[C@H](COP(=O)(O)OC[C@@H](O)COP(=O)(O)OC[C@@H](COC(=O)CC/C=C\C/C=C\C/C=C\C/C=C\C/C=C\CCCCC)OC(=O)CCCCCCCCC/C=C\CCCCCC)OC(=O)CC/C=C\C/C=C\C/C=C\C/C=C\C/C=C\C/C=C\CC. The first-order valence-electron chi connectivity index (χ1n) is 42.0. The van der Waals surface area contributed by atoms with Gasteiger partial charge in [0, 0.05) is 25.7 Å². The molecule has 0 rings (SSSR count). The van der Waals surface area contributed by atoms with Gasteiger partial charge in [-0.2, -0.15) is 0 Å². The molecule has 0 amide bonds. The molecule has 0 aromatic heterocycles. The van der Waals surface area contributed by atoms with E-state index in [0.717, 1.165) is 141 Å². The summed E-state index contributed by atoms with van der Waals surface area (Å²) in [5.41, 5.74) is 0. The van der Waals surface area contributed by atoms with E-state index in [2.05, 4.69) is 192 Å². The van der Waals surface area contributed by atoms with E-state index in [9.17, 15) is 43.2 Å². The number of phosphoric acid groups is 2. The van der Waals surface area contributed by atoms with E-state index in [1.165, 1.54) is 44.9 Å². The Morgan fingerprint density at radius 3 is 0.795 bits per heavy atom. The molecule has 0 aliphatic heterocycles. The van der Waals surface area contributed by atoms with E-state index >= 15 is 0 Å². The number of unbranched alkanes of at least 4 members (excludes halogenated alkanes) is 14. The highest BCUT2D eigenvalue weighted by molar-refractivity contribution is 7.47. The smallest absolute Gasteiger partial charge is 0.462 e. The zero-order valence-electron chi connectivity index (χ0n) is 69.0. The fourth-order valence-corrected chi connectivity index (χ4v) is 11.7. The van der Waals surface area contributed by atoms with Crippen LogP contribution in [0.4, 0.5) is 0 Å². The molecule has 112 heavy (non-hydrogen) atoms. The fourth-order valence-electron chi connectivity index (χ4n) is 10.1. The molecule has 0 saturated carbocycles. The number of aliphatic hydroxyl groups excluding tert-OH is 1. The first-order valence-corrected chi connectivity index (χ1v) is 45.0. The number of allylic oxidation sites excluding steroid dienone is 36. The summed E-state index contributed by atoms with van der Waals surface area (Å²) >= 11 is 0. The van der Waals surface area contributed by atoms with E-state index in [1.807, 2.05) is 54.7 Å². The summed E-state index contributed by atoms with van der Waals surface area (Å²) < 4.78 is 68.5. The molecule has 0 radical (unpaired) electrons. The first kappa shape index (κ1) is 105. The van der Waals surface area contributed by atoms with Crippen molar-refractivity contribution >= 4 is 39.5 Å². The third-order valence-electron chi connectivity index (χ3n) is 16.4. The molecule has 5 atom stereocenters. The van der Waals surface area contributed by atoms with Crippen LogP contribution in [0.15, 0.2) is 219 Å². The van der Waals surface area contributed by atoms with Gasteiger partial charge in [-0.1, -0.05) is 311 Å². The molecule has 3 N–H and O–H groups in total. The molecule has 0 bridgehead atoms. The lowest BCUT2D eigenvalue weighted by molar-refractivity contribution is -0.161. The van der Waals surface area contributed by atoms with Gasteiger partial charge in [-0.3, -0.25) is 37.3 Å². The van der Waals surface area contributed by atoms with E-state index in [4.69, 9.17) is 37.0 Å². The molecule has 0 spiro atoms. The molecule has 0 heterocycles. The van der Waals surface area contributed by atoms with E-state index in [1.54, 1.807) is 0 Å². The molecular weight excluding hydrogens is 1450 g/mol. The first-order chi connectivity index (χ1) is 54.7. The summed E-state index contributed by atoms with van der Waals surface area (Å²) in [7, 11) is -10.1. The third-order valence-corrected chi connectivity index (χ3v) is 18.3. The average molecular weight is 1600 g/mol. The number of carbonyl (C=O) groups is 4. The zero-order valence-corrected chi connectivity index (χ0v) is 70.8. The normalized spacial score (nSPS) is 14.9. The molecule has 19 heteroatoms. The van der Waals surface area contributed by atoms with Crippen molar-refractivity contribution in [3.63, 3.8) is 0 Å². The lowest BCUT2D eigenvalue weighted by Crippen LogP contribution is -2.30. The summed E-state index contributed by atoms with van der Waals surface area (Å²) in [6.07, 6.45) is 105. The van der Waals surface area contributed by atoms with Crippen LogP contribution in [0.5, 0.6) is 0 Å². The van der Waals surface area contributed by atoms with Crippen molar-refractivity contribution in [3.8, 4) is 0 Å². The Bertz CT molecular complexity index is 2990. The third kappa shape index (κ3) is 81.4. The van der Waals surface area contributed by atoms with Gasteiger partial charge in [0.25, 0.3) is 0 Å². The monoisotopic (exact) mass is 1600 g/mol. The number of carbonyl (C=O) groups excluding carboxylic acids is 4. The Balaban J connectivity index is 5.60. The quantitative estimate of drug-likeness (QED) is 0.0169. The molecular formula is C93H146O17P2. The summed E-state index contributed by atoms with van der Waals surface area (Å²) in [5.74, 6) is -2.50. The molecule has 0 aliphatic rings. The van der Waals surface area contributed by atoms with Crippen LogP contribution >= 0.6 is 15.6 Å². The highest BCUT2D eigenvalue weighted by Gasteiger charge is 2.30. The molecule has 0 fully saturated rings. The number of esters is 4. The highest BCUT2D eigenvalue weighted by Crippen LogP contribution is 2.45. The van der Waals surface area contributed by atoms with Crippen LogP contribution in [0.2, 0.25) is 0 Å². The van der Waals surface area contributed by atoms with Gasteiger partial charge in [-0.25, -0.2) is 9.13 Å². The molecule has 2 unspecified atom stereocenters. The largest absolute Gasteiger partial charge is 0.472 e. The van der Waals surface area contributed by atoms with Gasteiger partial charge in [-0.15, -0.1) is 0 Å². The number of hydrogen-bond acceptors (Lipinski definition) is 15. The van der Waals surface area contributed by atoms with Crippen molar-refractivity contribution in [2.45, 2.75) is 303 Å². The van der Waals surface area contributed by atoms with Crippen LogP contribution in [0.1, 0.15) is 285 Å².